The Hall–Kier alpha value is 0.0969. The molecule has 0 aliphatic heterocycles. The van der Waals surface area contributed by atoms with E-state index in [2.05, 4.69) is 26.1 Å². The van der Waals surface area contributed by atoms with Crippen LogP contribution in [-0.4, -0.2) is 34.6 Å². The molecular weight excluding hydrogens is 216 g/mol. The lowest BCUT2D eigenvalue weighted by atomic mass is 10.4. The molecule has 98 valence electrons. The summed E-state index contributed by atoms with van der Waals surface area (Å²) in [7, 11) is -1.38. The SMILES string of the molecule is CCO[Si](CC)(CC)CCCNCCCN. The van der Waals surface area contributed by atoms with Crippen LogP contribution in [-0.2, 0) is 4.43 Å². The molecule has 0 aromatic heterocycles. The van der Waals surface area contributed by atoms with E-state index < -0.39 is 8.32 Å². The van der Waals surface area contributed by atoms with Gasteiger partial charge in [-0.1, -0.05) is 13.8 Å². The van der Waals surface area contributed by atoms with Crippen molar-refractivity contribution >= 4 is 8.32 Å². The molecule has 0 heterocycles. The van der Waals surface area contributed by atoms with Crippen molar-refractivity contribution in [3.63, 3.8) is 0 Å². The van der Waals surface area contributed by atoms with Crippen molar-refractivity contribution in [2.75, 3.05) is 26.2 Å². The van der Waals surface area contributed by atoms with Gasteiger partial charge in [0.1, 0.15) is 0 Å². The van der Waals surface area contributed by atoms with Crippen molar-refractivity contribution in [2.24, 2.45) is 5.73 Å². The molecular formula is C12H30N2OSi. The van der Waals surface area contributed by atoms with E-state index >= 15 is 0 Å². The van der Waals surface area contributed by atoms with Crippen molar-refractivity contribution in [3.05, 3.63) is 0 Å². The molecule has 0 bridgehead atoms. The van der Waals surface area contributed by atoms with Gasteiger partial charge in [-0.25, -0.2) is 0 Å². The average molecular weight is 246 g/mol. The Morgan fingerprint density at radius 2 is 1.69 bits per heavy atom. The zero-order chi connectivity index (χ0) is 12.3. The fourth-order valence-corrected chi connectivity index (χ4v) is 5.27. The van der Waals surface area contributed by atoms with Crippen LogP contribution < -0.4 is 11.1 Å². The normalized spacial score (nSPS) is 12.0. The number of rotatable bonds is 11. The predicted molar refractivity (Wildman–Crippen MR) is 74.3 cm³/mol. The third-order valence-electron chi connectivity index (χ3n) is 3.28. The van der Waals surface area contributed by atoms with E-state index in [0.717, 1.165) is 32.7 Å². The molecule has 0 saturated heterocycles. The number of hydrogen-bond acceptors (Lipinski definition) is 3. The Balaban J connectivity index is 3.67. The van der Waals surface area contributed by atoms with Gasteiger partial charge in [0, 0.05) is 6.61 Å². The molecule has 0 aliphatic rings. The summed E-state index contributed by atoms with van der Waals surface area (Å²) in [6.07, 6.45) is 2.33. The van der Waals surface area contributed by atoms with Crippen LogP contribution in [0, 0.1) is 0 Å². The first kappa shape index (κ1) is 16.1. The third-order valence-corrected chi connectivity index (χ3v) is 8.03. The molecule has 0 unspecified atom stereocenters. The first-order valence-corrected chi connectivity index (χ1v) is 9.32. The fourth-order valence-electron chi connectivity index (χ4n) is 2.07. The van der Waals surface area contributed by atoms with Crippen molar-refractivity contribution in [2.45, 2.75) is 51.7 Å². The summed E-state index contributed by atoms with van der Waals surface area (Å²) >= 11 is 0. The number of nitrogens with one attached hydrogen (secondary N) is 1. The topological polar surface area (TPSA) is 47.3 Å². The van der Waals surface area contributed by atoms with E-state index in [1.165, 1.54) is 24.6 Å². The Bertz CT molecular complexity index is 152. The van der Waals surface area contributed by atoms with Gasteiger partial charge in [0.15, 0.2) is 8.32 Å². The molecule has 0 fully saturated rings. The fraction of sp³-hybridized carbons (Fsp3) is 1.00. The van der Waals surface area contributed by atoms with E-state index in [-0.39, 0.29) is 0 Å². The lowest BCUT2D eigenvalue weighted by Crippen LogP contribution is -2.37. The average Bonchev–Trinajstić information content (AvgIpc) is 2.32. The van der Waals surface area contributed by atoms with Crippen molar-refractivity contribution < 1.29 is 4.43 Å². The Morgan fingerprint density at radius 1 is 1.06 bits per heavy atom. The summed E-state index contributed by atoms with van der Waals surface area (Å²) in [5.74, 6) is 0. The zero-order valence-corrected chi connectivity index (χ0v) is 12.3. The van der Waals surface area contributed by atoms with Gasteiger partial charge in [0.25, 0.3) is 0 Å². The van der Waals surface area contributed by atoms with Crippen LogP contribution in [0.2, 0.25) is 18.1 Å². The second-order valence-electron chi connectivity index (χ2n) is 4.32. The van der Waals surface area contributed by atoms with Gasteiger partial charge in [-0.05, 0) is 57.5 Å². The molecule has 3 nitrogen and oxygen atoms in total. The molecule has 0 aliphatic carbocycles. The van der Waals surface area contributed by atoms with Gasteiger partial charge in [-0.3, -0.25) is 0 Å². The minimum Gasteiger partial charge on any atom is -0.417 e. The smallest absolute Gasteiger partial charge is 0.192 e. The lowest BCUT2D eigenvalue weighted by Gasteiger charge is -2.28. The van der Waals surface area contributed by atoms with Crippen molar-refractivity contribution in [1.82, 2.24) is 5.32 Å². The van der Waals surface area contributed by atoms with Gasteiger partial charge < -0.3 is 15.5 Å². The Morgan fingerprint density at radius 3 is 2.19 bits per heavy atom. The Labute approximate surface area is 102 Å². The van der Waals surface area contributed by atoms with Crippen LogP contribution in [0.4, 0.5) is 0 Å². The zero-order valence-electron chi connectivity index (χ0n) is 11.3. The third kappa shape index (κ3) is 6.63. The van der Waals surface area contributed by atoms with Crippen LogP contribution >= 0.6 is 0 Å². The molecule has 0 aromatic carbocycles. The minimum absolute atomic E-state index is 0.786. The van der Waals surface area contributed by atoms with E-state index in [1.807, 2.05) is 0 Å². The van der Waals surface area contributed by atoms with Gasteiger partial charge in [0.2, 0.25) is 0 Å². The monoisotopic (exact) mass is 246 g/mol. The summed E-state index contributed by atoms with van der Waals surface area (Å²) in [6.45, 7) is 10.5. The van der Waals surface area contributed by atoms with Gasteiger partial charge in [-0.2, -0.15) is 0 Å². The summed E-state index contributed by atoms with van der Waals surface area (Å²) in [5, 5.41) is 3.44. The van der Waals surface area contributed by atoms with Gasteiger partial charge in [-0.15, -0.1) is 0 Å². The first-order chi connectivity index (χ1) is 7.74. The highest BCUT2D eigenvalue weighted by molar-refractivity contribution is 6.73. The van der Waals surface area contributed by atoms with Crippen LogP contribution in [0.1, 0.15) is 33.6 Å². The highest BCUT2D eigenvalue weighted by Crippen LogP contribution is 2.23. The molecule has 0 rings (SSSR count). The number of hydrogen-bond donors (Lipinski definition) is 2. The van der Waals surface area contributed by atoms with Crippen LogP contribution in [0.3, 0.4) is 0 Å². The maximum absolute atomic E-state index is 6.05. The maximum Gasteiger partial charge on any atom is 0.192 e. The molecule has 3 N–H and O–H groups in total. The first-order valence-electron chi connectivity index (χ1n) is 6.79. The largest absolute Gasteiger partial charge is 0.417 e. The lowest BCUT2D eigenvalue weighted by molar-refractivity contribution is 0.318. The standard InChI is InChI=1S/C12H30N2OSi/c1-4-15-16(5-2,6-3)12-8-11-14-10-7-9-13/h14H,4-13H2,1-3H3. The van der Waals surface area contributed by atoms with E-state index in [1.54, 1.807) is 0 Å². The summed E-state index contributed by atoms with van der Waals surface area (Å²) in [5.41, 5.74) is 5.44. The summed E-state index contributed by atoms with van der Waals surface area (Å²) in [6, 6.07) is 3.80. The van der Waals surface area contributed by atoms with Crippen molar-refractivity contribution in [3.8, 4) is 0 Å². The maximum atomic E-state index is 6.05. The molecule has 0 radical (unpaired) electrons. The van der Waals surface area contributed by atoms with Crippen LogP contribution in [0.25, 0.3) is 0 Å². The summed E-state index contributed by atoms with van der Waals surface area (Å²) < 4.78 is 6.05. The molecule has 4 heteroatoms. The Kier molecular flexibility index (Phi) is 10.3. The highest BCUT2D eigenvalue weighted by atomic mass is 28.4. The molecule has 0 spiro atoms. The van der Waals surface area contributed by atoms with Crippen LogP contribution in [0.15, 0.2) is 0 Å². The number of nitrogens with two attached hydrogens (primary N) is 1. The predicted octanol–water partition coefficient (Wildman–Crippen LogP) is 2.34. The minimum atomic E-state index is -1.38. The second-order valence-corrected chi connectivity index (χ2v) is 8.89. The summed E-state index contributed by atoms with van der Waals surface area (Å²) in [4.78, 5) is 0. The van der Waals surface area contributed by atoms with Crippen molar-refractivity contribution in [1.29, 1.82) is 0 Å². The van der Waals surface area contributed by atoms with E-state index in [0.29, 0.717) is 0 Å². The molecule has 0 saturated carbocycles. The van der Waals surface area contributed by atoms with E-state index in [9.17, 15) is 0 Å². The van der Waals surface area contributed by atoms with Crippen LogP contribution in [0.5, 0.6) is 0 Å². The molecule has 16 heavy (non-hydrogen) atoms. The van der Waals surface area contributed by atoms with Gasteiger partial charge >= 0.3 is 0 Å². The molecule has 0 amide bonds. The van der Waals surface area contributed by atoms with Gasteiger partial charge in [0.05, 0.1) is 0 Å². The quantitative estimate of drug-likeness (QED) is 0.434. The highest BCUT2D eigenvalue weighted by Gasteiger charge is 2.29. The molecule has 0 atom stereocenters. The molecule has 0 aromatic rings. The van der Waals surface area contributed by atoms with E-state index in [4.69, 9.17) is 10.2 Å². The second kappa shape index (κ2) is 10.3.